The van der Waals surface area contributed by atoms with Gasteiger partial charge in [-0.05, 0) is 54.4 Å². The number of carbonyl (C=O) groups is 1. The standard InChI is InChI=1S/C25H28F3N3O2/c1-29-11-9-24(22(28)14-29)30(2)25(33)31-10-3-4-23(31)19-7-5-16(12-17(19)15-32)20-13-18(26)6-8-21(20)27/h3-8,12-13,22-24,32H,9-11,14-15H2,1-2H3/t22-,23+,24-/m1/s1. The number of hydrogen-bond acceptors (Lipinski definition) is 3. The van der Waals surface area contributed by atoms with E-state index in [-0.39, 0.29) is 24.7 Å². The van der Waals surface area contributed by atoms with E-state index in [1.165, 1.54) is 4.90 Å². The van der Waals surface area contributed by atoms with E-state index in [9.17, 15) is 23.1 Å². The van der Waals surface area contributed by atoms with Gasteiger partial charge in [-0.2, -0.15) is 0 Å². The lowest BCUT2D eigenvalue weighted by molar-refractivity contribution is 0.0599. The third-order valence-electron chi connectivity index (χ3n) is 6.58. The van der Waals surface area contributed by atoms with Crippen molar-refractivity contribution in [3.05, 3.63) is 71.3 Å². The van der Waals surface area contributed by atoms with Gasteiger partial charge in [0.25, 0.3) is 0 Å². The number of rotatable bonds is 4. The minimum Gasteiger partial charge on any atom is -0.392 e. The maximum absolute atomic E-state index is 14.6. The number of carbonyl (C=O) groups excluding carboxylic acids is 1. The molecule has 2 aliphatic rings. The Bertz CT molecular complexity index is 1060. The summed E-state index contributed by atoms with van der Waals surface area (Å²) in [5.41, 5.74) is 1.73. The molecule has 2 heterocycles. The molecular formula is C25H28F3N3O2. The highest BCUT2D eigenvalue weighted by molar-refractivity contribution is 5.76. The lowest BCUT2D eigenvalue weighted by atomic mass is 9.95. The molecule has 176 valence electrons. The molecule has 2 aromatic carbocycles. The SMILES string of the molecule is CN1CC[C@@H](N(C)C(=O)N2CC=C[C@H]2c2ccc(-c3cc(F)ccc3F)cc2CO)[C@H](F)C1. The zero-order valence-electron chi connectivity index (χ0n) is 18.7. The largest absolute Gasteiger partial charge is 0.392 e. The summed E-state index contributed by atoms with van der Waals surface area (Å²) in [5.74, 6) is -1.12. The first kappa shape index (κ1) is 23.3. The van der Waals surface area contributed by atoms with E-state index in [4.69, 9.17) is 0 Å². The number of benzene rings is 2. The molecule has 1 saturated heterocycles. The van der Waals surface area contributed by atoms with Gasteiger partial charge in [0.15, 0.2) is 0 Å². The highest BCUT2D eigenvalue weighted by Gasteiger charge is 2.37. The Kier molecular flexibility index (Phi) is 6.76. The lowest BCUT2D eigenvalue weighted by Crippen LogP contribution is -2.54. The van der Waals surface area contributed by atoms with Crippen molar-refractivity contribution < 1.29 is 23.1 Å². The molecule has 2 amide bonds. The van der Waals surface area contributed by atoms with Crippen LogP contribution >= 0.6 is 0 Å². The average molecular weight is 460 g/mol. The topological polar surface area (TPSA) is 47.0 Å². The minimum atomic E-state index is -1.12. The van der Waals surface area contributed by atoms with Crippen molar-refractivity contribution in [2.24, 2.45) is 0 Å². The number of alkyl halides is 1. The van der Waals surface area contributed by atoms with Crippen LogP contribution < -0.4 is 0 Å². The zero-order valence-corrected chi connectivity index (χ0v) is 18.7. The minimum absolute atomic E-state index is 0.0992. The number of hydrogen-bond donors (Lipinski definition) is 1. The fourth-order valence-corrected chi connectivity index (χ4v) is 4.73. The van der Waals surface area contributed by atoms with Crippen molar-refractivity contribution in [2.45, 2.75) is 31.3 Å². The van der Waals surface area contributed by atoms with Crippen molar-refractivity contribution in [3.63, 3.8) is 0 Å². The highest BCUT2D eigenvalue weighted by Crippen LogP contribution is 2.34. The number of aliphatic hydroxyl groups is 1. The second kappa shape index (κ2) is 9.57. The van der Waals surface area contributed by atoms with E-state index in [0.717, 1.165) is 24.7 Å². The smallest absolute Gasteiger partial charge is 0.321 e. The summed E-state index contributed by atoms with van der Waals surface area (Å²) in [4.78, 5) is 18.3. The Morgan fingerprint density at radius 3 is 2.73 bits per heavy atom. The number of urea groups is 1. The molecule has 8 heteroatoms. The lowest BCUT2D eigenvalue weighted by Gasteiger charge is -2.40. The van der Waals surface area contributed by atoms with Crippen LogP contribution in [0.3, 0.4) is 0 Å². The quantitative estimate of drug-likeness (QED) is 0.700. The molecule has 0 radical (unpaired) electrons. The van der Waals surface area contributed by atoms with Crippen LogP contribution in [0.25, 0.3) is 11.1 Å². The number of likely N-dealkylation sites (tertiary alicyclic amines) is 1. The molecule has 1 N–H and O–H groups in total. The molecule has 33 heavy (non-hydrogen) atoms. The van der Waals surface area contributed by atoms with Gasteiger partial charge in [-0.3, -0.25) is 0 Å². The third-order valence-corrected chi connectivity index (χ3v) is 6.58. The van der Waals surface area contributed by atoms with Crippen molar-refractivity contribution in [3.8, 4) is 11.1 Å². The monoisotopic (exact) mass is 459 g/mol. The van der Waals surface area contributed by atoms with Crippen LogP contribution in [0.2, 0.25) is 0 Å². The average Bonchev–Trinajstić information content (AvgIpc) is 3.29. The normalized spacial score (nSPS) is 23.2. The fraction of sp³-hybridized carbons (Fsp3) is 0.400. The van der Waals surface area contributed by atoms with Crippen LogP contribution in [-0.2, 0) is 6.61 Å². The molecule has 0 unspecified atom stereocenters. The Morgan fingerprint density at radius 2 is 2.00 bits per heavy atom. The molecule has 0 aliphatic carbocycles. The molecule has 1 fully saturated rings. The van der Waals surface area contributed by atoms with Crippen LogP contribution in [0.5, 0.6) is 0 Å². The molecular weight excluding hydrogens is 431 g/mol. The van der Waals surface area contributed by atoms with E-state index in [1.807, 2.05) is 24.1 Å². The van der Waals surface area contributed by atoms with Crippen LogP contribution in [0.4, 0.5) is 18.0 Å². The summed E-state index contributed by atoms with van der Waals surface area (Å²) in [6.07, 6.45) is 3.16. The van der Waals surface area contributed by atoms with Gasteiger partial charge in [-0.15, -0.1) is 0 Å². The van der Waals surface area contributed by atoms with Gasteiger partial charge in [0, 0.05) is 32.2 Å². The summed E-state index contributed by atoms with van der Waals surface area (Å²) in [6, 6.07) is 6.99. The maximum atomic E-state index is 14.6. The number of amides is 2. The number of halogens is 3. The molecule has 3 atom stereocenters. The zero-order chi connectivity index (χ0) is 23.7. The molecule has 0 aromatic heterocycles. The van der Waals surface area contributed by atoms with Gasteiger partial charge in [0.1, 0.15) is 17.8 Å². The Morgan fingerprint density at radius 1 is 1.21 bits per heavy atom. The molecule has 2 aromatic rings. The Balaban J connectivity index is 1.59. The van der Waals surface area contributed by atoms with Crippen molar-refractivity contribution in [1.82, 2.24) is 14.7 Å². The van der Waals surface area contributed by atoms with E-state index >= 15 is 0 Å². The van der Waals surface area contributed by atoms with Gasteiger partial charge in [-0.25, -0.2) is 18.0 Å². The fourth-order valence-electron chi connectivity index (χ4n) is 4.73. The predicted molar refractivity (Wildman–Crippen MR) is 120 cm³/mol. The molecule has 0 bridgehead atoms. The summed E-state index contributed by atoms with van der Waals surface area (Å²) in [6.45, 7) is 1.04. The van der Waals surface area contributed by atoms with Gasteiger partial charge >= 0.3 is 6.03 Å². The summed E-state index contributed by atoms with van der Waals surface area (Å²) in [5, 5.41) is 10.0. The summed E-state index contributed by atoms with van der Waals surface area (Å²) in [7, 11) is 3.49. The van der Waals surface area contributed by atoms with Crippen molar-refractivity contribution >= 4 is 6.03 Å². The third kappa shape index (κ3) is 4.63. The van der Waals surface area contributed by atoms with Crippen LogP contribution in [0.15, 0.2) is 48.6 Å². The highest BCUT2D eigenvalue weighted by atomic mass is 19.1. The first-order chi connectivity index (χ1) is 15.8. The number of nitrogens with zero attached hydrogens (tertiary/aromatic N) is 3. The molecule has 0 spiro atoms. The molecule has 0 saturated carbocycles. The second-order valence-electron chi connectivity index (χ2n) is 8.75. The molecule has 4 rings (SSSR count). The Labute approximate surface area is 191 Å². The summed E-state index contributed by atoms with van der Waals surface area (Å²) < 4.78 is 42.5. The van der Waals surface area contributed by atoms with Crippen LogP contribution in [0, 0.1) is 11.6 Å². The van der Waals surface area contributed by atoms with E-state index in [0.29, 0.717) is 29.7 Å². The second-order valence-corrected chi connectivity index (χ2v) is 8.75. The summed E-state index contributed by atoms with van der Waals surface area (Å²) >= 11 is 0. The van der Waals surface area contributed by atoms with Crippen molar-refractivity contribution in [1.29, 1.82) is 0 Å². The van der Waals surface area contributed by atoms with E-state index in [2.05, 4.69) is 0 Å². The predicted octanol–water partition coefficient (Wildman–Crippen LogP) is 4.13. The van der Waals surface area contributed by atoms with Crippen LogP contribution in [-0.4, -0.2) is 71.8 Å². The van der Waals surface area contributed by atoms with E-state index in [1.54, 1.807) is 30.1 Å². The van der Waals surface area contributed by atoms with Gasteiger partial charge in [-0.1, -0.05) is 24.3 Å². The molecule has 2 aliphatic heterocycles. The van der Waals surface area contributed by atoms with Gasteiger partial charge < -0.3 is 19.8 Å². The number of aliphatic hydroxyl groups excluding tert-OH is 1. The Hall–Kier alpha value is -2.84. The van der Waals surface area contributed by atoms with Crippen LogP contribution in [0.1, 0.15) is 23.6 Å². The first-order valence-electron chi connectivity index (χ1n) is 11.0. The molecule has 5 nitrogen and oxygen atoms in total. The first-order valence-corrected chi connectivity index (χ1v) is 11.0. The van der Waals surface area contributed by atoms with Crippen molar-refractivity contribution in [2.75, 3.05) is 33.7 Å². The maximum Gasteiger partial charge on any atom is 0.321 e. The number of piperidine rings is 1. The van der Waals surface area contributed by atoms with Gasteiger partial charge in [0.05, 0.1) is 18.7 Å². The van der Waals surface area contributed by atoms with Gasteiger partial charge in [0.2, 0.25) is 0 Å². The van der Waals surface area contributed by atoms with E-state index < -0.39 is 29.9 Å².